The van der Waals surface area contributed by atoms with Crippen LogP contribution in [0.5, 0.6) is 0 Å². The van der Waals surface area contributed by atoms with Gasteiger partial charge in [-0.15, -0.1) is 0 Å². The molecule has 24 heavy (non-hydrogen) atoms. The largest absolute Gasteiger partial charge is 0.417 e. The van der Waals surface area contributed by atoms with Crippen LogP contribution in [0.2, 0.25) is 0 Å². The van der Waals surface area contributed by atoms with E-state index in [-0.39, 0.29) is 0 Å². The molecule has 2 N–H and O–H groups in total. The van der Waals surface area contributed by atoms with E-state index in [9.17, 15) is 27.6 Å². The molecule has 1 atom stereocenters. The number of aromatic amines is 1. The van der Waals surface area contributed by atoms with Crippen molar-refractivity contribution < 1.29 is 22.8 Å². The Balaban J connectivity index is 2.11. The van der Waals surface area contributed by atoms with Crippen molar-refractivity contribution in [1.29, 1.82) is 0 Å². The molecule has 1 aromatic rings. The Morgan fingerprint density at radius 2 is 2.12 bits per heavy atom. The zero-order chi connectivity index (χ0) is 17.9. The summed E-state index contributed by atoms with van der Waals surface area (Å²) in [6.07, 6.45) is -1.55. The molecular weight excluding hydrogens is 327 g/mol. The average molecular weight is 345 g/mol. The average Bonchev–Trinajstić information content (AvgIpc) is 2.55. The van der Waals surface area contributed by atoms with E-state index in [1.54, 1.807) is 0 Å². The minimum Gasteiger partial charge on any atom is -0.334 e. The molecule has 1 aliphatic heterocycles. The van der Waals surface area contributed by atoms with Crippen LogP contribution < -0.4 is 10.9 Å². The predicted molar refractivity (Wildman–Crippen MR) is 80.3 cm³/mol. The molecule has 9 heteroatoms. The van der Waals surface area contributed by atoms with Crippen molar-refractivity contribution in [3.05, 3.63) is 28.2 Å². The third kappa shape index (κ3) is 4.15. The number of alkyl halides is 3. The standard InChI is InChI=1S/C15H18F3N3O3/c1-2-9-4-3-5-21(8-9)14(24)13(23)20-11-6-10(15(16,17)18)7-19-12(11)22/h6-7,9H,2-5,8H2,1H3,(H,19,22)(H,20,23)/t9-/m0/s1. The zero-order valence-corrected chi connectivity index (χ0v) is 13.1. The van der Waals surface area contributed by atoms with Gasteiger partial charge in [0, 0.05) is 19.3 Å². The van der Waals surface area contributed by atoms with Crippen LogP contribution in [0.3, 0.4) is 0 Å². The van der Waals surface area contributed by atoms with Crippen LogP contribution in [0.15, 0.2) is 17.1 Å². The molecule has 2 rings (SSSR count). The molecule has 0 aliphatic carbocycles. The molecule has 0 unspecified atom stereocenters. The Hall–Kier alpha value is -2.32. The smallest absolute Gasteiger partial charge is 0.334 e. The highest BCUT2D eigenvalue weighted by Crippen LogP contribution is 2.29. The molecule has 2 amide bonds. The first-order valence-electron chi connectivity index (χ1n) is 7.62. The van der Waals surface area contributed by atoms with E-state index in [2.05, 4.69) is 0 Å². The second-order valence-corrected chi connectivity index (χ2v) is 5.75. The number of carbonyl (C=O) groups is 2. The summed E-state index contributed by atoms with van der Waals surface area (Å²) in [5.74, 6) is -1.66. The van der Waals surface area contributed by atoms with Gasteiger partial charge in [0.1, 0.15) is 5.69 Å². The number of aromatic nitrogens is 1. The Morgan fingerprint density at radius 3 is 2.75 bits per heavy atom. The lowest BCUT2D eigenvalue weighted by Crippen LogP contribution is -2.45. The number of hydrogen-bond donors (Lipinski definition) is 2. The van der Waals surface area contributed by atoms with Crippen molar-refractivity contribution in [1.82, 2.24) is 9.88 Å². The second-order valence-electron chi connectivity index (χ2n) is 5.75. The summed E-state index contributed by atoms with van der Waals surface area (Å²) in [5, 5.41) is 1.98. The maximum atomic E-state index is 12.7. The molecule has 1 saturated heterocycles. The van der Waals surface area contributed by atoms with Crippen molar-refractivity contribution in [2.45, 2.75) is 32.4 Å². The maximum absolute atomic E-state index is 12.7. The highest BCUT2D eigenvalue weighted by molar-refractivity contribution is 6.39. The van der Waals surface area contributed by atoms with E-state index in [4.69, 9.17) is 0 Å². The topological polar surface area (TPSA) is 82.3 Å². The first-order valence-corrected chi connectivity index (χ1v) is 7.62. The van der Waals surface area contributed by atoms with E-state index in [1.165, 1.54) is 4.90 Å². The number of rotatable bonds is 2. The number of likely N-dealkylation sites (tertiary alicyclic amines) is 1. The number of carbonyl (C=O) groups excluding carboxylic acids is 2. The fraction of sp³-hybridized carbons (Fsp3) is 0.533. The maximum Gasteiger partial charge on any atom is 0.417 e. The summed E-state index contributed by atoms with van der Waals surface area (Å²) >= 11 is 0. The van der Waals surface area contributed by atoms with Crippen molar-refractivity contribution in [3.63, 3.8) is 0 Å². The molecule has 1 fully saturated rings. The van der Waals surface area contributed by atoms with Crippen LogP contribution in [0.1, 0.15) is 31.7 Å². The van der Waals surface area contributed by atoms with Gasteiger partial charge in [-0.3, -0.25) is 14.4 Å². The lowest BCUT2D eigenvalue weighted by atomic mass is 9.95. The zero-order valence-electron chi connectivity index (χ0n) is 13.1. The van der Waals surface area contributed by atoms with Gasteiger partial charge < -0.3 is 15.2 Å². The van der Waals surface area contributed by atoms with Crippen molar-refractivity contribution >= 4 is 17.5 Å². The Bertz CT molecular complexity index is 685. The molecule has 132 valence electrons. The lowest BCUT2D eigenvalue weighted by Gasteiger charge is -2.31. The molecule has 1 aliphatic rings. The van der Waals surface area contributed by atoms with E-state index < -0.39 is 34.8 Å². The summed E-state index contributed by atoms with van der Waals surface area (Å²) in [6.45, 7) is 2.84. The van der Waals surface area contributed by atoms with Gasteiger partial charge in [0.2, 0.25) is 0 Å². The van der Waals surface area contributed by atoms with E-state index >= 15 is 0 Å². The van der Waals surface area contributed by atoms with Gasteiger partial charge in [-0.2, -0.15) is 13.2 Å². The monoisotopic (exact) mass is 345 g/mol. The fourth-order valence-corrected chi connectivity index (χ4v) is 2.64. The van der Waals surface area contributed by atoms with Gasteiger partial charge >= 0.3 is 18.0 Å². The van der Waals surface area contributed by atoms with E-state index in [1.807, 2.05) is 17.2 Å². The Kier molecular flexibility index (Phi) is 5.30. The van der Waals surface area contributed by atoms with Crippen molar-refractivity contribution in [2.24, 2.45) is 5.92 Å². The first kappa shape index (κ1) is 18.0. The number of hydrogen-bond acceptors (Lipinski definition) is 3. The van der Waals surface area contributed by atoms with Gasteiger partial charge in [0.05, 0.1) is 5.56 Å². The summed E-state index contributed by atoms with van der Waals surface area (Å²) in [5.41, 5.74) is -2.63. The van der Waals surface area contributed by atoms with Crippen LogP contribution in [0, 0.1) is 5.92 Å². The predicted octanol–water partition coefficient (Wildman–Crippen LogP) is 1.98. The molecule has 2 heterocycles. The van der Waals surface area contributed by atoms with Crippen molar-refractivity contribution in [2.75, 3.05) is 18.4 Å². The van der Waals surface area contributed by atoms with Gasteiger partial charge in [-0.05, 0) is 24.8 Å². The molecule has 0 bridgehead atoms. The molecule has 0 saturated carbocycles. The lowest BCUT2D eigenvalue weighted by molar-refractivity contribution is -0.144. The number of halogens is 3. The molecular formula is C15H18F3N3O3. The van der Waals surface area contributed by atoms with Crippen LogP contribution in [-0.4, -0.2) is 34.8 Å². The van der Waals surface area contributed by atoms with Crippen LogP contribution in [-0.2, 0) is 15.8 Å². The summed E-state index contributed by atoms with van der Waals surface area (Å²) < 4.78 is 38.0. The van der Waals surface area contributed by atoms with E-state index in [0.29, 0.717) is 31.3 Å². The molecule has 1 aromatic heterocycles. The van der Waals surface area contributed by atoms with Gasteiger partial charge in [-0.1, -0.05) is 13.3 Å². The highest BCUT2D eigenvalue weighted by atomic mass is 19.4. The molecule has 0 spiro atoms. The molecule has 0 aromatic carbocycles. The summed E-state index contributed by atoms with van der Waals surface area (Å²) in [6, 6.07) is 0.509. The number of anilines is 1. The fourth-order valence-electron chi connectivity index (χ4n) is 2.64. The number of nitrogens with one attached hydrogen (secondary N) is 2. The highest BCUT2D eigenvalue weighted by Gasteiger charge is 2.32. The van der Waals surface area contributed by atoms with Gasteiger partial charge in [0.15, 0.2) is 0 Å². The number of pyridine rings is 1. The van der Waals surface area contributed by atoms with Crippen molar-refractivity contribution in [3.8, 4) is 0 Å². The number of amides is 2. The second kappa shape index (κ2) is 7.06. The minimum absolute atomic E-state index is 0.299. The van der Waals surface area contributed by atoms with Gasteiger partial charge in [-0.25, -0.2) is 0 Å². The Labute approximate surface area is 136 Å². The van der Waals surface area contributed by atoms with Crippen LogP contribution in [0.4, 0.5) is 18.9 Å². The number of piperidine rings is 1. The summed E-state index contributed by atoms with van der Waals surface area (Å²) in [7, 11) is 0. The number of H-pyrrole nitrogens is 1. The third-order valence-electron chi connectivity index (χ3n) is 4.06. The minimum atomic E-state index is -4.67. The SMILES string of the molecule is CC[C@H]1CCCN(C(=O)C(=O)Nc2cc(C(F)(F)F)c[nH]c2=O)C1. The number of nitrogens with zero attached hydrogens (tertiary/aromatic N) is 1. The normalized spacial score (nSPS) is 18.3. The van der Waals surface area contributed by atoms with Gasteiger partial charge in [0.25, 0.3) is 5.56 Å². The Morgan fingerprint density at radius 1 is 1.42 bits per heavy atom. The molecule has 0 radical (unpaired) electrons. The quantitative estimate of drug-likeness (QED) is 0.804. The molecule has 6 nitrogen and oxygen atoms in total. The van der Waals surface area contributed by atoms with Crippen LogP contribution in [0.25, 0.3) is 0 Å². The van der Waals surface area contributed by atoms with E-state index in [0.717, 1.165) is 19.3 Å². The third-order valence-corrected chi connectivity index (χ3v) is 4.06. The summed E-state index contributed by atoms with van der Waals surface area (Å²) in [4.78, 5) is 39.0. The first-order chi connectivity index (χ1) is 11.2. The van der Waals surface area contributed by atoms with Crippen LogP contribution >= 0.6 is 0 Å².